The van der Waals surface area contributed by atoms with Gasteiger partial charge in [-0.05, 0) is 31.0 Å². The number of nitrogens with two attached hydrogens (primary N) is 1. The maximum atomic E-state index is 12.8. The molecule has 2 aromatic rings. The van der Waals surface area contributed by atoms with E-state index in [9.17, 15) is 9.59 Å². The molecule has 1 aromatic carbocycles. The van der Waals surface area contributed by atoms with Crippen LogP contribution in [0.25, 0.3) is 10.9 Å². The molecule has 2 heterocycles. The number of hydrogen-bond donors (Lipinski definition) is 1. The van der Waals surface area contributed by atoms with Gasteiger partial charge in [-0.15, -0.1) is 0 Å². The number of carbonyl (C=O) groups excluding carboxylic acids is 2. The standard InChI is InChI=1S/C17H20N4O2/c1-12-11-15(19-14-6-3-2-5-13(12)14)16(22)20-7-4-8-21(10-9-20)17(18)23/h2-3,5-6,11H,4,7-10H2,1H3,(H2,18,23). The van der Waals surface area contributed by atoms with Crippen LogP contribution in [0.3, 0.4) is 0 Å². The molecule has 0 radical (unpaired) electrons. The third-order valence-electron chi connectivity index (χ3n) is 4.24. The highest BCUT2D eigenvalue weighted by Gasteiger charge is 2.23. The molecule has 3 amide bonds. The molecule has 120 valence electrons. The zero-order valence-electron chi connectivity index (χ0n) is 13.2. The van der Waals surface area contributed by atoms with Crippen molar-refractivity contribution in [2.45, 2.75) is 13.3 Å². The molecule has 6 heteroatoms. The summed E-state index contributed by atoms with van der Waals surface area (Å²) in [5, 5.41) is 1.06. The van der Waals surface area contributed by atoms with Crippen molar-refractivity contribution >= 4 is 22.8 Å². The Morgan fingerprint density at radius 2 is 1.78 bits per heavy atom. The summed E-state index contributed by atoms with van der Waals surface area (Å²) in [6.07, 6.45) is 0.723. The number of benzene rings is 1. The Labute approximate surface area is 134 Å². The monoisotopic (exact) mass is 312 g/mol. The third-order valence-corrected chi connectivity index (χ3v) is 4.24. The molecular weight excluding hydrogens is 292 g/mol. The molecule has 2 N–H and O–H groups in total. The van der Waals surface area contributed by atoms with Crippen molar-refractivity contribution in [1.29, 1.82) is 0 Å². The molecule has 0 unspecified atom stereocenters. The lowest BCUT2D eigenvalue weighted by Crippen LogP contribution is -2.39. The normalized spacial score (nSPS) is 15.5. The molecule has 1 aromatic heterocycles. The second-order valence-corrected chi connectivity index (χ2v) is 5.81. The van der Waals surface area contributed by atoms with Crippen LogP contribution in [0.15, 0.2) is 30.3 Å². The summed E-state index contributed by atoms with van der Waals surface area (Å²) in [6.45, 7) is 4.13. The van der Waals surface area contributed by atoms with Gasteiger partial charge in [0.1, 0.15) is 5.69 Å². The average Bonchev–Trinajstić information content (AvgIpc) is 2.80. The minimum atomic E-state index is -0.432. The number of rotatable bonds is 1. The number of aryl methyl sites for hydroxylation is 1. The zero-order valence-corrected chi connectivity index (χ0v) is 13.2. The van der Waals surface area contributed by atoms with Crippen molar-refractivity contribution < 1.29 is 9.59 Å². The largest absolute Gasteiger partial charge is 0.351 e. The number of hydrogen-bond acceptors (Lipinski definition) is 3. The minimum absolute atomic E-state index is 0.0924. The molecule has 0 atom stereocenters. The fourth-order valence-electron chi connectivity index (χ4n) is 2.96. The van der Waals surface area contributed by atoms with Crippen LogP contribution in [0, 0.1) is 6.92 Å². The first-order valence-electron chi connectivity index (χ1n) is 7.76. The minimum Gasteiger partial charge on any atom is -0.351 e. The average molecular weight is 312 g/mol. The maximum Gasteiger partial charge on any atom is 0.314 e. The molecule has 0 aliphatic carbocycles. The maximum absolute atomic E-state index is 12.8. The SMILES string of the molecule is Cc1cc(C(=O)N2CCCN(C(N)=O)CC2)nc2ccccc12. The Morgan fingerprint density at radius 3 is 2.57 bits per heavy atom. The lowest BCUT2D eigenvalue weighted by atomic mass is 10.1. The summed E-state index contributed by atoms with van der Waals surface area (Å²) in [5.41, 5.74) is 7.63. The molecule has 6 nitrogen and oxygen atoms in total. The van der Waals surface area contributed by atoms with Gasteiger partial charge >= 0.3 is 6.03 Å². The molecule has 3 rings (SSSR count). The van der Waals surface area contributed by atoms with E-state index in [1.165, 1.54) is 0 Å². The van der Waals surface area contributed by atoms with Gasteiger partial charge in [0, 0.05) is 31.6 Å². The summed E-state index contributed by atoms with van der Waals surface area (Å²) in [4.78, 5) is 31.9. The van der Waals surface area contributed by atoms with Crippen LogP contribution < -0.4 is 5.73 Å². The Balaban J connectivity index is 1.84. The van der Waals surface area contributed by atoms with Gasteiger partial charge in [0.2, 0.25) is 0 Å². The van der Waals surface area contributed by atoms with E-state index in [1.807, 2.05) is 37.3 Å². The quantitative estimate of drug-likeness (QED) is 0.871. The fraction of sp³-hybridized carbons (Fsp3) is 0.353. The number of para-hydroxylation sites is 1. The van der Waals surface area contributed by atoms with Crippen LogP contribution >= 0.6 is 0 Å². The van der Waals surface area contributed by atoms with Crippen molar-refractivity contribution in [3.05, 3.63) is 41.6 Å². The molecule has 0 saturated carbocycles. The van der Waals surface area contributed by atoms with Gasteiger partial charge in [-0.2, -0.15) is 0 Å². The Kier molecular flexibility index (Phi) is 4.14. The molecule has 1 saturated heterocycles. The number of amides is 3. The van der Waals surface area contributed by atoms with Crippen molar-refractivity contribution in [1.82, 2.24) is 14.8 Å². The predicted molar refractivity (Wildman–Crippen MR) is 88.2 cm³/mol. The predicted octanol–water partition coefficient (Wildman–Crippen LogP) is 1.77. The van der Waals surface area contributed by atoms with Crippen molar-refractivity contribution in [2.24, 2.45) is 5.73 Å². The van der Waals surface area contributed by atoms with E-state index in [2.05, 4.69) is 4.98 Å². The van der Waals surface area contributed by atoms with E-state index in [-0.39, 0.29) is 5.91 Å². The molecule has 1 fully saturated rings. The van der Waals surface area contributed by atoms with E-state index in [0.29, 0.717) is 31.9 Å². The highest BCUT2D eigenvalue weighted by atomic mass is 16.2. The lowest BCUT2D eigenvalue weighted by molar-refractivity contribution is 0.0757. The number of nitrogens with zero attached hydrogens (tertiary/aromatic N) is 3. The van der Waals surface area contributed by atoms with Gasteiger partial charge in [0.25, 0.3) is 5.91 Å². The van der Waals surface area contributed by atoms with Crippen LogP contribution in [0.5, 0.6) is 0 Å². The van der Waals surface area contributed by atoms with E-state index >= 15 is 0 Å². The number of primary amides is 1. The second kappa shape index (κ2) is 6.24. The van der Waals surface area contributed by atoms with Crippen molar-refractivity contribution in [2.75, 3.05) is 26.2 Å². The fourth-order valence-corrected chi connectivity index (χ4v) is 2.96. The summed E-state index contributed by atoms with van der Waals surface area (Å²) < 4.78 is 0. The van der Waals surface area contributed by atoms with Crippen LogP contribution in [0.4, 0.5) is 4.79 Å². The van der Waals surface area contributed by atoms with Gasteiger partial charge < -0.3 is 15.5 Å². The Hall–Kier alpha value is -2.63. The summed E-state index contributed by atoms with van der Waals surface area (Å²) in [6, 6.07) is 9.20. The highest BCUT2D eigenvalue weighted by molar-refractivity contribution is 5.96. The first-order chi connectivity index (χ1) is 11.1. The van der Waals surface area contributed by atoms with Crippen LogP contribution in [0.1, 0.15) is 22.5 Å². The van der Waals surface area contributed by atoms with Gasteiger partial charge in [-0.25, -0.2) is 9.78 Å². The molecule has 0 bridgehead atoms. The lowest BCUT2D eigenvalue weighted by Gasteiger charge is -2.21. The summed E-state index contributed by atoms with van der Waals surface area (Å²) >= 11 is 0. The molecule has 1 aliphatic heterocycles. The van der Waals surface area contributed by atoms with Crippen molar-refractivity contribution in [3.8, 4) is 0 Å². The van der Waals surface area contributed by atoms with Crippen LogP contribution in [0.2, 0.25) is 0 Å². The molecule has 0 spiro atoms. The number of aromatic nitrogens is 1. The topological polar surface area (TPSA) is 79.5 Å². The van der Waals surface area contributed by atoms with Crippen molar-refractivity contribution in [3.63, 3.8) is 0 Å². The van der Waals surface area contributed by atoms with Gasteiger partial charge in [-0.3, -0.25) is 4.79 Å². The first-order valence-corrected chi connectivity index (χ1v) is 7.76. The number of urea groups is 1. The van der Waals surface area contributed by atoms with Crippen LogP contribution in [-0.4, -0.2) is 52.9 Å². The van der Waals surface area contributed by atoms with Gasteiger partial charge in [-0.1, -0.05) is 18.2 Å². The van der Waals surface area contributed by atoms with E-state index < -0.39 is 6.03 Å². The van der Waals surface area contributed by atoms with Gasteiger partial charge in [0.05, 0.1) is 5.52 Å². The Bertz CT molecular complexity index is 759. The molecule has 1 aliphatic rings. The van der Waals surface area contributed by atoms with E-state index in [0.717, 1.165) is 22.9 Å². The molecule has 23 heavy (non-hydrogen) atoms. The highest BCUT2D eigenvalue weighted by Crippen LogP contribution is 2.18. The first kappa shape index (κ1) is 15.3. The number of fused-ring (bicyclic) bond motifs is 1. The van der Waals surface area contributed by atoms with Gasteiger partial charge in [0.15, 0.2) is 0 Å². The van der Waals surface area contributed by atoms with Crippen LogP contribution in [-0.2, 0) is 0 Å². The number of pyridine rings is 1. The Morgan fingerprint density at radius 1 is 1.09 bits per heavy atom. The summed E-state index contributed by atoms with van der Waals surface area (Å²) in [7, 11) is 0. The third kappa shape index (κ3) is 3.11. The van der Waals surface area contributed by atoms with E-state index in [1.54, 1.807) is 9.80 Å². The zero-order chi connectivity index (χ0) is 16.4. The summed E-state index contributed by atoms with van der Waals surface area (Å²) in [5.74, 6) is -0.0924. The second-order valence-electron chi connectivity index (χ2n) is 5.81. The molecular formula is C17H20N4O2. The van der Waals surface area contributed by atoms with E-state index in [4.69, 9.17) is 5.73 Å². The number of carbonyl (C=O) groups is 2. The smallest absolute Gasteiger partial charge is 0.314 e.